The maximum absolute atomic E-state index is 12.4. The maximum Gasteiger partial charge on any atom is 0.240 e. The monoisotopic (exact) mass is 294 g/mol. The third-order valence-electron chi connectivity index (χ3n) is 4.97. The molecule has 20 heavy (non-hydrogen) atoms. The van der Waals surface area contributed by atoms with Crippen LogP contribution in [0.25, 0.3) is 0 Å². The van der Waals surface area contributed by atoms with E-state index in [2.05, 4.69) is 4.72 Å². The van der Waals surface area contributed by atoms with Crippen LogP contribution in [0.1, 0.15) is 32.6 Å². The molecular weight excluding hydrogens is 272 g/mol. The zero-order valence-electron chi connectivity index (χ0n) is 11.7. The standard InChI is InChI=1S/C15H22N2O2S/c1-10(15-9-11-2-3-12(15)8-11)17-20(18,19)14-6-4-13(16)5-7-14/h4-7,10-12,15,17H,2-3,8-9,16H2,1H3/t10-,11-,12-,15+/m1/s1. The van der Waals surface area contributed by atoms with E-state index in [9.17, 15) is 8.42 Å². The number of anilines is 1. The molecule has 4 nitrogen and oxygen atoms in total. The number of nitrogens with two attached hydrogens (primary N) is 1. The van der Waals surface area contributed by atoms with Crippen LogP contribution in [-0.4, -0.2) is 14.5 Å². The first-order chi connectivity index (χ1) is 9.45. The molecule has 1 aromatic carbocycles. The van der Waals surface area contributed by atoms with Crippen molar-refractivity contribution in [3.05, 3.63) is 24.3 Å². The van der Waals surface area contributed by atoms with Gasteiger partial charge in [0.05, 0.1) is 4.90 Å². The van der Waals surface area contributed by atoms with Crippen LogP contribution in [0.2, 0.25) is 0 Å². The predicted octanol–water partition coefficient (Wildman–Crippen LogP) is 2.37. The topological polar surface area (TPSA) is 72.2 Å². The Bertz CT molecular complexity index is 582. The van der Waals surface area contributed by atoms with Gasteiger partial charge in [-0.15, -0.1) is 0 Å². The summed E-state index contributed by atoms with van der Waals surface area (Å²) in [5.74, 6) is 2.04. The fraction of sp³-hybridized carbons (Fsp3) is 0.600. The number of rotatable bonds is 4. The van der Waals surface area contributed by atoms with Crippen LogP contribution in [0.4, 0.5) is 5.69 Å². The normalized spacial score (nSPS) is 30.6. The summed E-state index contributed by atoms with van der Waals surface area (Å²) in [7, 11) is -3.44. The highest BCUT2D eigenvalue weighted by Gasteiger charge is 2.42. The highest BCUT2D eigenvalue weighted by molar-refractivity contribution is 7.89. The molecule has 1 aromatic rings. The quantitative estimate of drug-likeness (QED) is 0.837. The minimum absolute atomic E-state index is 0.00727. The van der Waals surface area contributed by atoms with Crippen molar-refractivity contribution >= 4 is 15.7 Å². The smallest absolute Gasteiger partial charge is 0.240 e. The van der Waals surface area contributed by atoms with Crippen LogP contribution in [0, 0.1) is 17.8 Å². The van der Waals surface area contributed by atoms with Crippen molar-refractivity contribution in [3.63, 3.8) is 0 Å². The Morgan fingerprint density at radius 2 is 1.90 bits per heavy atom. The maximum atomic E-state index is 12.4. The highest BCUT2D eigenvalue weighted by atomic mass is 32.2. The van der Waals surface area contributed by atoms with Gasteiger partial charge in [0, 0.05) is 11.7 Å². The number of hydrogen-bond donors (Lipinski definition) is 2. The van der Waals surface area contributed by atoms with E-state index in [-0.39, 0.29) is 6.04 Å². The van der Waals surface area contributed by atoms with Gasteiger partial charge in [0.15, 0.2) is 0 Å². The van der Waals surface area contributed by atoms with E-state index >= 15 is 0 Å². The molecule has 2 saturated carbocycles. The van der Waals surface area contributed by atoms with Crippen molar-refractivity contribution in [3.8, 4) is 0 Å². The van der Waals surface area contributed by atoms with Gasteiger partial charge in [-0.25, -0.2) is 13.1 Å². The molecule has 4 atom stereocenters. The SMILES string of the molecule is C[C@@H](NS(=O)(=O)c1ccc(N)cc1)[C@@H]1C[C@@H]2CC[C@@H]1C2. The summed E-state index contributed by atoms with van der Waals surface area (Å²) in [6.07, 6.45) is 5.07. The van der Waals surface area contributed by atoms with E-state index in [4.69, 9.17) is 5.73 Å². The summed E-state index contributed by atoms with van der Waals surface area (Å²) in [5.41, 5.74) is 6.17. The van der Waals surface area contributed by atoms with Crippen molar-refractivity contribution in [1.29, 1.82) is 0 Å². The number of hydrogen-bond acceptors (Lipinski definition) is 3. The van der Waals surface area contributed by atoms with E-state index in [1.165, 1.54) is 25.7 Å². The van der Waals surface area contributed by atoms with Gasteiger partial charge in [0.2, 0.25) is 10.0 Å². The number of benzene rings is 1. The predicted molar refractivity (Wildman–Crippen MR) is 79.6 cm³/mol. The number of sulfonamides is 1. The lowest BCUT2D eigenvalue weighted by molar-refractivity contribution is 0.280. The third kappa shape index (κ3) is 2.56. The summed E-state index contributed by atoms with van der Waals surface area (Å²) in [6.45, 7) is 2.00. The van der Waals surface area contributed by atoms with Crippen LogP contribution in [0.3, 0.4) is 0 Å². The molecule has 110 valence electrons. The molecule has 0 radical (unpaired) electrons. The first-order valence-electron chi connectivity index (χ1n) is 7.33. The van der Waals surface area contributed by atoms with Crippen LogP contribution < -0.4 is 10.5 Å². The zero-order chi connectivity index (χ0) is 14.3. The molecule has 3 rings (SSSR count). The molecule has 0 aliphatic heterocycles. The molecule has 3 N–H and O–H groups in total. The Hall–Kier alpha value is -1.07. The van der Waals surface area contributed by atoms with Crippen LogP contribution in [0.5, 0.6) is 0 Å². The summed E-state index contributed by atoms with van der Waals surface area (Å²) < 4.78 is 27.6. The summed E-state index contributed by atoms with van der Waals surface area (Å²) in [5, 5.41) is 0. The largest absolute Gasteiger partial charge is 0.399 e. The zero-order valence-corrected chi connectivity index (χ0v) is 12.6. The van der Waals surface area contributed by atoms with Crippen LogP contribution in [-0.2, 0) is 10.0 Å². The van der Waals surface area contributed by atoms with Crippen molar-refractivity contribution in [2.75, 3.05) is 5.73 Å². The van der Waals surface area contributed by atoms with Crippen molar-refractivity contribution in [2.24, 2.45) is 17.8 Å². The molecule has 2 aliphatic rings. The fourth-order valence-corrected chi connectivity index (χ4v) is 5.25. The minimum atomic E-state index is -3.44. The van der Waals surface area contributed by atoms with Gasteiger partial charge >= 0.3 is 0 Å². The molecule has 5 heteroatoms. The van der Waals surface area contributed by atoms with Gasteiger partial charge in [-0.3, -0.25) is 0 Å². The molecule has 0 heterocycles. The second-order valence-electron chi connectivity index (χ2n) is 6.32. The Kier molecular flexibility index (Phi) is 3.50. The Balaban J connectivity index is 1.71. The van der Waals surface area contributed by atoms with E-state index < -0.39 is 10.0 Å². The number of nitrogen functional groups attached to an aromatic ring is 1. The van der Waals surface area contributed by atoms with Crippen LogP contribution >= 0.6 is 0 Å². The van der Waals surface area contributed by atoms with Gasteiger partial charge < -0.3 is 5.73 Å². The van der Waals surface area contributed by atoms with Gasteiger partial charge in [-0.05, 0) is 68.2 Å². The summed E-state index contributed by atoms with van der Waals surface area (Å²) in [6, 6.07) is 6.37. The minimum Gasteiger partial charge on any atom is -0.399 e. The lowest BCUT2D eigenvalue weighted by Crippen LogP contribution is -2.40. The van der Waals surface area contributed by atoms with Crippen molar-refractivity contribution < 1.29 is 8.42 Å². The lowest BCUT2D eigenvalue weighted by Gasteiger charge is -2.28. The van der Waals surface area contributed by atoms with Gasteiger partial charge in [-0.1, -0.05) is 6.42 Å². The molecule has 0 unspecified atom stereocenters. The van der Waals surface area contributed by atoms with Gasteiger partial charge in [0.25, 0.3) is 0 Å². The van der Waals surface area contributed by atoms with Gasteiger partial charge in [0.1, 0.15) is 0 Å². The highest BCUT2D eigenvalue weighted by Crippen LogP contribution is 2.49. The third-order valence-corrected chi connectivity index (χ3v) is 6.54. The molecule has 0 saturated heterocycles. The summed E-state index contributed by atoms with van der Waals surface area (Å²) >= 11 is 0. The molecular formula is C15H22N2O2S. The van der Waals surface area contributed by atoms with Crippen LogP contribution in [0.15, 0.2) is 29.2 Å². The van der Waals surface area contributed by atoms with Gasteiger partial charge in [-0.2, -0.15) is 0 Å². The summed E-state index contributed by atoms with van der Waals surface area (Å²) in [4.78, 5) is 0.293. The Morgan fingerprint density at radius 1 is 1.20 bits per heavy atom. The Labute approximate surface area is 120 Å². The second kappa shape index (κ2) is 5.04. The first kappa shape index (κ1) is 13.9. The van der Waals surface area contributed by atoms with Crippen molar-refractivity contribution in [2.45, 2.75) is 43.5 Å². The number of fused-ring (bicyclic) bond motifs is 2. The average Bonchev–Trinajstić information content (AvgIpc) is 3.01. The molecule has 2 bridgehead atoms. The molecule has 0 spiro atoms. The lowest BCUT2D eigenvalue weighted by atomic mass is 9.84. The van der Waals surface area contributed by atoms with E-state index in [1.54, 1.807) is 24.3 Å². The second-order valence-corrected chi connectivity index (χ2v) is 8.03. The van der Waals surface area contributed by atoms with Crippen molar-refractivity contribution in [1.82, 2.24) is 4.72 Å². The van der Waals surface area contributed by atoms with E-state index in [1.807, 2.05) is 6.92 Å². The average molecular weight is 294 g/mol. The van der Waals surface area contributed by atoms with E-state index in [0.29, 0.717) is 22.4 Å². The molecule has 0 amide bonds. The fourth-order valence-electron chi connectivity index (χ4n) is 3.95. The van der Waals surface area contributed by atoms with E-state index in [0.717, 1.165) is 5.92 Å². The Morgan fingerprint density at radius 3 is 2.45 bits per heavy atom. The number of nitrogens with one attached hydrogen (secondary N) is 1. The molecule has 2 fully saturated rings. The molecule has 2 aliphatic carbocycles. The first-order valence-corrected chi connectivity index (χ1v) is 8.82. The molecule has 0 aromatic heterocycles.